The molecule has 0 bridgehead atoms. The first kappa shape index (κ1) is 18.3. The monoisotopic (exact) mass is 413 g/mol. The second kappa shape index (κ2) is 8.25. The minimum absolute atomic E-state index is 0.0408. The van der Waals surface area contributed by atoms with Crippen molar-refractivity contribution < 1.29 is 4.79 Å². The Morgan fingerprint density at radius 1 is 1.19 bits per heavy atom. The standard InChI is InChI=1S/C19H20BrN5O/c1-14(15-3-9-18(10-4-15)25-13-21-12-22-25)24(2)11-19(26)23-17-7-5-16(20)6-8-17/h3-10,12-14H,11H2,1-2H3,(H,23,26)/t14-/m0/s1. The summed E-state index contributed by atoms with van der Waals surface area (Å²) in [5.41, 5.74) is 2.87. The number of hydrogen-bond donors (Lipinski definition) is 1. The van der Waals surface area contributed by atoms with Gasteiger partial charge < -0.3 is 5.32 Å². The van der Waals surface area contributed by atoms with Crippen molar-refractivity contribution in [3.05, 3.63) is 71.2 Å². The van der Waals surface area contributed by atoms with Crippen LogP contribution in [0.2, 0.25) is 0 Å². The van der Waals surface area contributed by atoms with Crippen LogP contribution in [0.3, 0.4) is 0 Å². The summed E-state index contributed by atoms with van der Waals surface area (Å²) < 4.78 is 2.69. The van der Waals surface area contributed by atoms with Crippen LogP contribution in [0.25, 0.3) is 5.69 Å². The lowest BCUT2D eigenvalue weighted by Crippen LogP contribution is -2.32. The number of carbonyl (C=O) groups is 1. The average molecular weight is 414 g/mol. The Bertz CT molecular complexity index is 847. The molecule has 0 spiro atoms. The molecule has 0 fully saturated rings. The van der Waals surface area contributed by atoms with Crippen molar-refractivity contribution in [1.29, 1.82) is 0 Å². The highest BCUT2D eigenvalue weighted by Crippen LogP contribution is 2.20. The molecule has 1 aromatic heterocycles. The molecule has 134 valence electrons. The van der Waals surface area contributed by atoms with E-state index in [2.05, 4.69) is 38.3 Å². The number of nitrogens with zero attached hydrogens (tertiary/aromatic N) is 4. The Balaban J connectivity index is 1.59. The molecule has 0 aliphatic carbocycles. The highest BCUT2D eigenvalue weighted by atomic mass is 79.9. The van der Waals surface area contributed by atoms with Gasteiger partial charge in [-0.1, -0.05) is 28.1 Å². The normalized spacial score (nSPS) is 12.2. The summed E-state index contributed by atoms with van der Waals surface area (Å²) in [6.45, 7) is 2.39. The Labute approximate surface area is 161 Å². The van der Waals surface area contributed by atoms with Crippen LogP contribution in [-0.4, -0.2) is 39.2 Å². The molecule has 0 unspecified atom stereocenters. The fraction of sp³-hybridized carbons (Fsp3) is 0.211. The van der Waals surface area contributed by atoms with E-state index in [4.69, 9.17) is 0 Å². The maximum atomic E-state index is 12.3. The Morgan fingerprint density at radius 2 is 1.88 bits per heavy atom. The van der Waals surface area contributed by atoms with Gasteiger partial charge in [0.25, 0.3) is 0 Å². The van der Waals surface area contributed by atoms with E-state index in [1.807, 2.05) is 60.5 Å². The van der Waals surface area contributed by atoms with Gasteiger partial charge in [-0.3, -0.25) is 9.69 Å². The fourth-order valence-corrected chi connectivity index (χ4v) is 2.86. The van der Waals surface area contributed by atoms with Gasteiger partial charge in [-0.05, 0) is 55.9 Å². The zero-order valence-corrected chi connectivity index (χ0v) is 16.2. The summed E-state index contributed by atoms with van der Waals surface area (Å²) >= 11 is 3.38. The number of hydrogen-bond acceptors (Lipinski definition) is 4. The Kier molecular flexibility index (Phi) is 5.80. The van der Waals surface area contributed by atoms with E-state index in [1.165, 1.54) is 6.33 Å². The lowest BCUT2D eigenvalue weighted by molar-refractivity contribution is -0.117. The number of likely N-dealkylation sites (N-methyl/N-ethyl adjacent to an activating group) is 1. The molecular weight excluding hydrogens is 394 g/mol. The van der Waals surface area contributed by atoms with E-state index in [0.29, 0.717) is 6.54 Å². The largest absolute Gasteiger partial charge is 0.325 e. The van der Waals surface area contributed by atoms with Crippen molar-refractivity contribution in [3.8, 4) is 5.69 Å². The van der Waals surface area contributed by atoms with Gasteiger partial charge in [-0.25, -0.2) is 9.67 Å². The molecule has 1 amide bonds. The first-order valence-electron chi connectivity index (χ1n) is 8.23. The Morgan fingerprint density at radius 3 is 2.50 bits per heavy atom. The zero-order chi connectivity index (χ0) is 18.5. The van der Waals surface area contributed by atoms with Gasteiger partial charge in [0.05, 0.1) is 12.2 Å². The molecular formula is C19H20BrN5O. The SMILES string of the molecule is C[C@@H](c1ccc(-n2cncn2)cc1)N(C)CC(=O)Nc1ccc(Br)cc1. The van der Waals surface area contributed by atoms with E-state index in [1.54, 1.807) is 11.0 Å². The first-order valence-corrected chi connectivity index (χ1v) is 9.03. The number of halogens is 1. The third-order valence-electron chi connectivity index (χ3n) is 4.24. The fourth-order valence-electron chi connectivity index (χ4n) is 2.60. The summed E-state index contributed by atoms with van der Waals surface area (Å²) in [6, 6.07) is 15.7. The van der Waals surface area contributed by atoms with Gasteiger partial charge in [-0.2, -0.15) is 5.10 Å². The summed E-state index contributed by atoms with van der Waals surface area (Å²) in [5.74, 6) is -0.0408. The van der Waals surface area contributed by atoms with E-state index >= 15 is 0 Å². The van der Waals surface area contributed by atoms with Crippen LogP contribution in [0.15, 0.2) is 65.7 Å². The lowest BCUT2D eigenvalue weighted by Gasteiger charge is -2.24. The molecule has 0 aliphatic rings. The summed E-state index contributed by atoms with van der Waals surface area (Å²) in [6.07, 6.45) is 3.17. The molecule has 2 aromatic carbocycles. The maximum Gasteiger partial charge on any atom is 0.238 e. The molecule has 1 atom stereocenters. The predicted molar refractivity (Wildman–Crippen MR) is 105 cm³/mol. The lowest BCUT2D eigenvalue weighted by atomic mass is 10.1. The summed E-state index contributed by atoms with van der Waals surface area (Å²) in [4.78, 5) is 18.2. The molecule has 3 aromatic rings. The quantitative estimate of drug-likeness (QED) is 0.669. The number of rotatable bonds is 6. The molecule has 0 radical (unpaired) electrons. The molecule has 3 rings (SSSR count). The van der Waals surface area contributed by atoms with Gasteiger partial charge in [0.15, 0.2) is 0 Å². The van der Waals surface area contributed by atoms with Gasteiger partial charge >= 0.3 is 0 Å². The van der Waals surface area contributed by atoms with Crippen LogP contribution >= 0.6 is 15.9 Å². The van der Waals surface area contributed by atoms with Crippen molar-refractivity contribution in [2.24, 2.45) is 0 Å². The third kappa shape index (κ3) is 4.56. The number of nitrogens with one attached hydrogen (secondary N) is 1. The molecule has 1 N–H and O–H groups in total. The van der Waals surface area contributed by atoms with Crippen molar-refractivity contribution in [1.82, 2.24) is 19.7 Å². The van der Waals surface area contributed by atoms with Gasteiger partial charge in [0.1, 0.15) is 12.7 Å². The number of benzene rings is 2. The third-order valence-corrected chi connectivity index (χ3v) is 4.77. The average Bonchev–Trinajstić information content (AvgIpc) is 3.18. The topological polar surface area (TPSA) is 63.1 Å². The van der Waals surface area contributed by atoms with Gasteiger partial charge in [0, 0.05) is 16.2 Å². The van der Waals surface area contributed by atoms with E-state index in [9.17, 15) is 4.79 Å². The molecule has 1 heterocycles. The molecule has 26 heavy (non-hydrogen) atoms. The van der Waals surface area contributed by atoms with E-state index < -0.39 is 0 Å². The smallest absolute Gasteiger partial charge is 0.238 e. The Hall–Kier alpha value is -2.51. The predicted octanol–water partition coefficient (Wildman–Crippen LogP) is 3.66. The van der Waals surface area contributed by atoms with Crippen LogP contribution in [0.5, 0.6) is 0 Å². The molecule has 0 saturated carbocycles. The van der Waals surface area contributed by atoms with Gasteiger partial charge in [0.2, 0.25) is 5.91 Å². The van der Waals surface area contributed by atoms with Gasteiger partial charge in [-0.15, -0.1) is 0 Å². The number of amides is 1. The second-order valence-corrected chi connectivity index (χ2v) is 6.99. The molecule has 7 heteroatoms. The van der Waals surface area contributed by atoms with Crippen LogP contribution in [0, 0.1) is 0 Å². The van der Waals surface area contributed by atoms with E-state index in [-0.39, 0.29) is 11.9 Å². The summed E-state index contributed by atoms with van der Waals surface area (Å²) in [5, 5.41) is 7.03. The van der Waals surface area contributed by atoms with Crippen LogP contribution in [0.4, 0.5) is 5.69 Å². The zero-order valence-electron chi connectivity index (χ0n) is 14.6. The van der Waals surface area contributed by atoms with Crippen LogP contribution in [0.1, 0.15) is 18.5 Å². The van der Waals surface area contributed by atoms with Crippen molar-refractivity contribution in [3.63, 3.8) is 0 Å². The van der Waals surface area contributed by atoms with Crippen LogP contribution in [-0.2, 0) is 4.79 Å². The first-order chi connectivity index (χ1) is 12.5. The second-order valence-electron chi connectivity index (χ2n) is 6.08. The minimum atomic E-state index is -0.0408. The van der Waals surface area contributed by atoms with Crippen LogP contribution < -0.4 is 5.32 Å². The molecule has 6 nitrogen and oxygen atoms in total. The van der Waals surface area contributed by atoms with E-state index in [0.717, 1.165) is 21.4 Å². The van der Waals surface area contributed by atoms with Crippen molar-refractivity contribution in [2.45, 2.75) is 13.0 Å². The highest BCUT2D eigenvalue weighted by molar-refractivity contribution is 9.10. The summed E-state index contributed by atoms with van der Waals surface area (Å²) in [7, 11) is 1.94. The maximum absolute atomic E-state index is 12.3. The minimum Gasteiger partial charge on any atom is -0.325 e. The van der Waals surface area contributed by atoms with Crippen molar-refractivity contribution >= 4 is 27.5 Å². The highest BCUT2D eigenvalue weighted by Gasteiger charge is 2.15. The van der Waals surface area contributed by atoms with Crippen molar-refractivity contribution in [2.75, 3.05) is 18.9 Å². The number of carbonyl (C=O) groups excluding carboxylic acids is 1. The molecule has 0 saturated heterocycles. The number of aromatic nitrogens is 3. The number of anilines is 1. The molecule has 0 aliphatic heterocycles.